The van der Waals surface area contributed by atoms with Crippen LogP contribution in [-0.4, -0.2) is 27.0 Å². The third-order valence-electron chi connectivity index (χ3n) is 3.59. The number of carbonyl (C=O) groups is 2. The van der Waals surface area contributed by atoms with Crippen LogP contribution in [0.15, 0.2) is 54.7 Å². The van der Waals surface area contributed by atoms with Crippen LogP contribution >= 0.6 is 0 Å². The number of carbonyl (C=O) groups excluding carboxylic acids is 1. The first-order valence-corrected chi connectivity index (χ1v) is 7.46. The highest BCUT2D eigenvalue weighted by molar-refractivity contribution is 5.92. The lowest BCUT2D eigenvalue weighted by atomic mass is 10.0. The molecule has 0 saturated carbocycles. The van der Waals surface area contributed by atoms with Crippen LogP contribution in [0.5, 0.6) is 0 Å². The number of aromatic nitrogens is 2. The molecule has 2 heterocycles. The summed E-state index contributed by atoms with van der Waals surface area (Å²) in [6, 6.07) is 13.8. The number of anilines is 1. The Labute approximate surface area is 138 Å². The summed E-state index contributed by atoms with van der Waals surface area (Å²) in [4.78, 5) is 31.8. The van der Waals surface area contributed by atoms with Crippen LogP contribution in [0.1, 0.15) is 22.3 Å². The molecule has 0 radical (unpaired) electrons. The molecule has 0 aliphatic carbocycles. The van der Waals surface area contributed by atoms with E-state index in [4.69, 9.17) is 5.11 Å². The van der Waals surface area contributed by atoms with Crippen molar-refractivity contribution in [2.24, 2.45) is 0 Å². The number of rotatable bonds is 5. The summed E-state index contributed by atoms with van der Waals surface area (Å²) in [5.41, 5.74) is 2.31. The number of aromatic carboxylic acids is 1. The maximum absolute atomic E-state index is 12.1. The van der Waals surface area contributed by atoms with E-state index in [-0.39, 0.29) is 17.9 Å². The van der Waals surface area contributed by atoms with Crippen LogP contribution in [-0.2, 0) is 11.2 Å². The van der Waals surface area contributed by atoms with Gasteiger partial charge in [-0.05, 0) is 42.3 Å². The Balaban J connectivity index is 1.66. The number of aryl methyl sites for hydroxylation is 1. The molecular formula is C18H15N3O3. The van der Waals surface area contributed by atoms with Gasteiger partial charge in [0.15, 0.2) is 0 Å². The zero-order valence-electron chi connectivity index (χ0n) is 12.8. The van der Waals surface area contributed by atoms with Gasteiger partial charge in [-0.15, -0.1) is 0 Å². The Kier molecular flexibility index (Phi) is 4.47. The zero-order chi connectivity index (χ0) is 16.9. The first-order valence-electron chi connectivity index (χ1n) is 7.46. The topological polar surface area (TPSA) is 92.2 Å². The van der Waals surface area contributed by atoms with Crippen LogP contribution in [0, 0.1) is 0 Å². The highest BCUT2D eigenvalue weighted by Gasteiger charge is 2.11. The smallest absolute Gasteiger partial charge is 0.335 e. The van der Waals surface area contributed by atoms with Crippen molar-refractivity contribution in [2.45, 2.75) is 12.8 Å². The Morgan fingerprint density at radius 3 is 2.67 bits per heavy atom. The van der Waals surface area contributed by atoms with E-state index in [1.54, 1.807) is 42.6 Å². The minimum absolute atomic E-state index is 0.178. The lowest BCUT2D eigenvalue weighted by Crippen LogP contribution is -2.14. The third kappa shape index (κ3) is 3.55. The molecule has 0 unspecified atom stereocenters. The summed E-state index contributed by atoms with van der Waals surface area (Å²) in [7, 11) is 0. The Morgan fingerprint density at radius 2 is 1.83 bits per heavy atom. The maximum Gasteiger partial charge on any atom is 0.335 e. The van der Waals surface area contributed by atoms with Gasteiger partial charge in [-0.25, -0.2) is 9.78 Å². The normalized spacial score (nSPS) is 10.5. The molecule has 6 heteroatoms. The van der Waals surface area contributed by atoms with Crippen molar-refractivity contribution in [3.05, 3.63) is 65.9 Å². The number of nitrogens with zero attached hydrogens (tertiary/aromatic N) is 2. The number of nitrogens with one attached hydrogen (secondary N) is 1. The second-order valence-electron chi connectivity index (χ2n) is 5.25. The Bertz CT molecular complexity index is 909. The van der Waals surface area contributed by atoms with E-state index >= 15 is 0 Å². The number of carboxylic acid groups (broad SMARTS) is 1. The second-order valence-corrected chi connectivity index (χ2v) is 5.25. The van der Waals surface area contributed by atoms with Crippen LogP contribution < -0.4 is 5.32 Å². The molecule has 0 saturated heterocycles. The Hall–Kier alpha value is -3.28. The number of carboxylic acids is 1. The van der Waals surface area contributed by atoms with E-state index in [1.807, 2.05) is 6.07 Å². The molecule has 2 aromatic heterocycles. The lowest BCUT2D eigenvalue weighted by molar-refractivity contribution is -0.116. The molecule has 120 valence electrons. The average Bonchev–Trinajstić information content (AvgIpc) is 2.60. The molecule has 6 nitrogen and oxygen atoms in total. The lowest BCUT2D eigenvalue weighted by Gasteiger charge is -2.07. The monoisotopic (exact) mass is 321 g/mol. The fraction of sp³-hybridized carbons (Fsp3) is 0.111. The van der Waals surface area contributed by atoms with E-state index in [0.717, 1.165) is 5.52 Å². The highest BCUT2D eigenvalue weighted by Crippen LogP contribution is 2.14. The van der Waals surface area contributed by atoms with E-state index < -0.39 is 5.97 Å². The molecule has 3 aromatic rings. The van der Waals surface area contributed by atoms with Crippen molar-refractivity contribution in [1.29, 1.82) is 0 Å². The van der Waals surface area contributed by atoms with Gasteiger partial charge in [0, 0.05) is 12.6 Å². The van der Waals surface area contributed by atoms with Gasteiger partial charge in [0.2, 0.25) is 5.91 Å². The number of amides is 1. The van der Waals surface area contributed by atoms with Crippen molar-refractivity contribution in [1.82, 2.24) is 9.97 Å². The van der Waals surface area contributed by atoms with Gasteiger partial charge in [-0.1, -0.05) is 18.2 Å². The zero-order valence-corrected chi connectivity index (χ0v) is 12.8. The van der Waals surface area contributed by atoms with Crippen LogP contribution in [0.2, 0.25) is 0 Å². The van der Waals surface area contributed by atoms with Gasteiger partial charge in [-0.2, -0.15) is 0 Å². The van der Waals surface area contributed by atoms with Crippen LogP contribution in [0.25, 0.3) is 11.0 Å². The summed E-state index contributed by atoms with van der Waals surface area (Å²) in [5, 5.41) is 11.9. The average molecular weight is 321 g/mol. The molecular weight excluding hydrogens is 306 g/mol. The number of hydrogen-bond donors (Lipinski definition) is 2. The van der Waals surface area contributed by atoms with Gasteiger partial charge in [0.25, 0.3) is 0 Å². The summed E-state index contributed by atoms with van der Waals surface area (Å²) in [6.45, 7) is 0. The van der Waals surface area contributed by atoms with Gasteiger partial charge >= 0.3 is 5.97 Å². The highest BCUT2D eigenvalue weighted by atomic mass is 16.4. The molecule has 2 N–H and O–H groups in total. The van der Waals surface area contributed by atoms with Crippen molar-refractivity contribution in [3.8, 4) is 0 Å². The largest absolute Gasteiger partial charge is 0.478 e. The predicted molar refractivity (Wildman–Crippen MR) is 89.9 cm³/mol. The minimum Gasteiger partial charge on any atom is -0.478 e. The fourth-order valence-corrected chi connectivity index (χ4v) is 2.43. The SMILES string of the molecule is O=C(CCc1ccccc1C(=O)O)Nc1ccc2ncccc2n1. The molecule has 0 bridgehead atoms. The standard InChI is InChI=1S/C18H15N3O3/c22-17(10-7-12-4-1-2-5-13(12)18(23)24)21-16-9-8-14-15(20-16)6-3-11-19-14/h1-6,8-9,11H,7,10H2,(H,23,24)(H,20,21,22). The number of benzene rings is 1. The molecule has 1 aromatic carbocycles. The molecule has 0 atom stereocenters. The first-order chi connectivity index (χ1) is 11.6. The number of pyridine rings is 2. The summed E-state index contributed by atoms with van der Waals surface area (Å²) in [5.74, 6) is -0.757. The van der Waals surface area contributed by atoms with E-state index in [1.165, 1.54) is 6.07 Å². The fourth-order valence-electron chi connectivity index (χ4n) is 2.43. The van der Waals surface area contributed by atoms with Crippen molar-refractivity contribution < 1.29 is 14.7 Å². The van der Waals surface area contributed by atoms with Gasteiger partial charge in [0.05, 0.1) is 16.6 Å². The quantitative estimate of drug-likeness (QED) is 0.754. The number of fused-ring (bicyclic) bond motifs is 1. The molecule has 0 aliphatic rings. The predicted octanol–water partition coefficient (Wildman–Crippen LogP) is 2.90. The van der Waals surface area contributed by atoms with Crippen LogP contribution in [0.4, 0.5) is 5.82 Å². The van der Waals surface area contributed by atoms with Crippen molar-refractivity contribution >= 4 is 28.7 Å². The molecule has 3 rings (SSSR count). The Morgan fingerprint density at radius 1 is 1.00 bits per heavy atom. The minimum atomic E-state index is -0.991. The molecule has 24 heavy (non-hydrogen) atoms. The van der Waals surface area contributed by atoms with Crippen molar-refractivity contribution in [3.63, 3.8) is 0 Å². The first kappa shape index (κ1) is 15.6. The van der Waals surface area contributed by atoms with E-state index in [2.05, 4.69) is 15.3 Å². The molecule has 1 amide bonds. The van der Waals surface area contributed by atoms with Crippen molar-refractivity contribution in [2.75, 3.05) is 5.32 Å². The van der Waals surface area contributed by atoms with Gasteiger partial charge < -0.3 is 10.4 Å². The van der Waals surface area contributed by atoms with Gasteiger partial charge in [0.1, 0.15) is 5.82 Å². The summed E-state index contributed by atoms with van der Waals surface area (Å²) in [6.07, 6.45) is 2.21. The van der Waals surface area contributed by atoms with E-state index in [9.17, 15) is 9.59 Å². The van der Waals surface area contributed by atoms with Crippen LogP contribution in [0.3, 0.4) is 0 Å². The number of hydrogen-bond acceptors (Lipinski definition) is 4. The summed E-state index contributed by atoms with van der Waals surface area (Å²) < 4.78 is 0. The van der Waals surface area contributed by atoms with Gasteiger partial charge in [-0.3, -0.25) is 9.78 Å². The van der Waals surface area contributed by atoms with E-state index in [0.29, 0.717) is 23.3 Å². The molecule has 0 fully saturated rings. The molecule has 0 aliphatic heterocycles. The maximum atomic E-state index is 12.1. The molecule has 0 spiro atoms. The summed E-state index contributed by atoms with van der Waals surface area (Å²) >= 11 is 0. The third-order valence-corrected chi connectivity index (χ3v) is 3.59. The second kappa shape index (κ2) is 6.87.